The van der Waals surface area contributed by atoms with Gasteiger partial charge in [0, 0.05) is 38.8 Å². The smallest absolute Gasteiger partial charge is 0.119 e. The maximum atomic E-state index is 14.6. The molecule has 0 aliphatic carbocycles. The van der Waals surface area contributed by atoms with Crippen LogP contribution in [0, 0.1) is 0 Å². The molecule has 0 fully saturated rings. The molecule has 182 valence electrons. The van der Waals surface area contributed by atoms with Gasteiger partial charge in [-0.25, -0.2) is 14.4 Å². The summed E-state index contributed by atoms with van der Waals surface area (Å²) in [5.74, 6) is 0. The standard InChI is InChI=1S/C33H23FN4/c34-20-25-26-15-17-30(37-26)32(21-7-3-1-4-8-21)28-13-11-23(35-28)19-24-12-14-29(36-24)33(22-9-5-2-6-10-22)31-18-16-27(25)38-31/h1-19,35-36H,20H2. The summed E-state index contributed by atoms with van der Waals surface area (Å²) < 4.78 is 14.6. The number of halogens is 1. The maximum absolute atomic E-state index is 14.6. The molecule has 0 radical (unpaired) electrons. The van der Waals surface area contributed by atoms with Gasteiger partial charge in [0.1, 0.15) is 6.67 Å². The van der Waals surface area contributed by atoms with Crippen LogP contribution >= 0.6 is 0 Å². The molecule has 3 aromatic heterocycles. The Kier molecular flexibility index (Phi) is 5.33. The molecule has 0 saturated carbocycles. The number of rotatable bonds is 3. The molecule has 2 aromatic carbocycles. The minimum absolute atomic E-state index is 0.474. The first kappa shape index (κ1) is 22.2. The Balaban J connectivity index is 1.62. The zero-order valence-electron chi connectivity index (χ0n) is 20.4. The van der Waals surface area contributed by atoms with Gasteiger partial charge in [0.2, 0.25) is 0 Å². The molecular weight excluding hydrogens is 471 g/mol. The van der Waals surface area contributed by atoms with Crippen LogP contribution in [0.1, 0.15) is 28.3 Å². The molecule has 4 nitrogen and oxygen atoms in total. The van der Waals surface area contributed by atoms with Crippen LogP contribution in [0.4, 0.5) is 4.39 Å². The van der Waals surface area contributed by atoms with Crippen LogP contribution in [-0.4, -0.2) is 19.9 Å². The summed E-state index contributed by atoms with van der Waals surface area (Å²) in [7, 11) is 0. The average Bonchev–Trinajstić information content (AvgIpc) is 3.77. The molecule has 7 rings (SSSR count). The average molecular weight is 495 g/mol. The summed E-state index contributed by atoms with van der Waals surface area (Å²) in [6, 6.07) is 30.6. The molecule has 0 spiro atoms. The summed E-state index contributed by atoms with van der Waals surface area (Å²) in [6.45, 7) is -0.664. The normalized spacial score (nSPS) is 12.2. The van der Waals surface area contributed by atoms with E-state index < -0.39 is 6.67 Å². The number of aromatic nitrogens is 4. The van der Waals surface area contributed by atoms with Gasteiger partial charge >= 0.3 is 0 Å². The third kappa shape index (κ3) is 3.85. The number of fused-ring (bicyclic) bond motifs is 8. The molecule has 5 heterocycles. The van der Waals surface area contributed by atoms with Crippen molar-refractivity contribution in [2.75, 3.05) is 0 Å². The van der Waals surface area contributed by atoms with Crippen molar-refractivity contribution in [3.63, 3.8) is 0 Å². The van der Waals surface area contributed by atoms with Crippen LogP contribution in [0.15, 0.2) is 91.0 Å². The van der Waals surface area contributed by atoms with E-state index in [4.69, 9.17) is 9.97 Å². The molecule has 2 aliphatic heterocycles. The third-order valence-corrected chi connectivity index (χ3v) is 6.94. The fourth-order valence-electron chi connectivity index (χ4n) is 5.15. The first-order valence-corrected chi connectivity index (χ1v) is 12.6. The minimum Gasteiger partial charge on any atom is -0.355 e. The lowest BCUT2D eigenvalue weighted by Crippen LogP contribution is -1.92. The van der Waals surface area contributed by atoms with E-state index in [1.54, 1.807) is 0 Å². The van der Waals surface area contributed by atoms with Gasteiger partial charge in [0.05, 0.1) is 22.8 Å². The highest BCUT2D eigenvalue weighted by Crippen LogP contribution is 2.33. The number of nitrogens with zero attached hydrogens (tertiary/aromatic N) is 2. The molecule has 5 heteroatoms. The molecule has 0 atom stereocenters. The Morgan fingerprint density at radius 1 is 0.526 bits per heavy atom. The fourth-order valence-corrected chi connectivity index (χ4v) is 5.15. The van der Waals surface area contributed by atoms with Crippen molar-refractivity contribution >= 4 is 46.4 Å². The number of H-pyrrole nitrogens is 2. The summed E-state index contributed by atoms with van der Waals surface area (Å²) in [5, 5.41) is 0. The van der Waals surface area contributed by atoms with Gasteiger partial charge in [-0.2, -0.15) is 0 Å². The highest BCUT2D eigenvalue weighted by molar-refractivity contribution is 5.93. The van der Waals surface area contributed by atoms with Crippen molar-refractivity contribution < 1.29 is 4.39 Å². The van der Waals surface area contributed by atoms with Crippen LogP contribution < -0.4 is 0 Å². The van der Waals surface area contributed by atoms with Gasteiger partial charge in [0.15, 0.2) is 0 Å². The lowest BCUT2D eigenvalue weighted by atomic mass is 10.0. The van der Waals surface area contributed by atoms with Crippen LogP contribution in [0.3, 0.4) is 0 Å². The summed E-state index contributed by atoms with van der Waals surface area (Å²) in [6.07, 6.45) is 7.68. The Labute approximate surface area is 218 Å². The SMILES string of the molecule is FCc1c2nc(c(-c3ccccc3)c3ccc(cc4ccc([nH]4)c(-c4ccccc4)c4nc1C=C4)[nH]3)C=C2. The predicted molar refractivity (Wildman–Crippen MR) is 155 cm³/mol. The number of alkyl halides is 1. The van der Waals surface area contributed by atoms with Crippen LogP contribution in [0.25, 0.3) is 68.6 Å². The fraction of sp³-hybridized carbons (Fsp3) is 0.0303. The second kappa shape index (κ2) is 9.12. The molecule has 2 aliphatic rings. The molecule has 0 saturated heterocycles. The Hall–Kier alpha value is -5.03. The highest BCUT2D eigenvalue weighted by Gasteiger charge is 2.17. The zero-order valence-corrected chi connectivity index (χ0v) is 20.4. The Bertz CT molecular complexity index is 1760. The van der Waals surface area contributed by atoms with Gasteiger partial charge in [-0.15, -0.1) is 0 Å². The molecule has 0 amide bonds. The summed E-state index contributed by atoms with van der Waals surface area (Å²) >= 11 is 0. The lowest BCUT2D eigenvalue weighted by Gasteiger charge is -2.04. The minimum atomic E-state index is -0.664. The van der Waals surface area contributed by atoms with Crippen molar-refractivity contribution in [2.45, 2.75) is 6.67 Å². The third-order valence-electron chi connectivity index (χ3n) is 6.94. The van der Waals surface area contributed by atoms with Crippen LogP contribution in [-0.2, 0) is 6.67 Å². The molecule has 8 bridgehead atoms. The van der Waals surface area contributed by atoms with Gasteiger partial charge in [-0.05, 0) is 65.8 Å². The van der Waals surface area contributed by atoms with E-state index >= 15 is 0 Å². The van der Waals surface area contributed by atoms with Gasteiger partial charge in [-0.3, -0.25) is 0 Å². The van der Waals surface area contributed by atoms with E-state index in [9.17, 15) is 4.39 Å². The van der Waals surface area contributed by atoms with Crippen molar-refractivity contribution in [3.8, 4) is 22.3 Å². The summed E-state index contributed by atoms with van der Waals surface area (Å²) in [5.41, 5.74) is 11.0. The number of hydrogen-bond donors (Lipinski definition) is 2. The van der Waals surface area contributed by atoms with E-state index in [-0.39, 0.29) is 0 Å². The second-order valence-corrected chi connectivity index (χ2v) is 9.32. The van der Waals surface area contributed by atoms with Gasteiger partial charge in [-0.1, -0.05) is 60.7 Å². The van der Waals surface area contributed by atoms with Gasteiger partial charge in [0.25, 0.3) is 0 Å². The maximum Gasteiger partial charge on any atom is 0.119 e. The van der Waals surface area contributed by atoms with Gasteiger partial charge < -0.3 is 9.97 Å². The molecule has 5 aromatic rings. The first-order valence-electron chi connectivity index (χ1n) is 12.6. The number of nitrogens with one attached hydrogen (secondary N) is 2. The zero-order chi connectivity index (χ0) is 25.5. The Morgan fingerprint density at radius 3 is 1.42 bits per heavy atom. The van der Waals surface area contributed by atoms with E-state index in [0.717, 1.165) is 55.7 Å². The number of aromatic amines is 2. The first-order chi connectivity index (χ1) is 18.8. The van der Waals surface area contributed by atoms with Crippen LogP contribution in [0.2, 0.25) is 0 Å². The van der Waals surface area contributed by atoms with Crippen molar-refractivity contribution in [3.05, 3.63) is 119 Å². The predicted octanol–water partition coefficient (Wildman–Crippen LogP) is 8.46. The number of benzene rings is 2. The highest BCUT2D eigenvalue weighted by atomic mass is 19.1. The van der Waals surface area contributed by atoms with E-state index in [2.05, 4.69) is 64.6 Å². The molecule has 2 N–H and O–H groups in total. The molecular formula is C33H23FN4. The van der Waals surface area contributed by atoms with Crippen molar-refractivity contribution in [1.29, 1.82) is 0 Å². The molecule has 0 unspecified atom stereocenters. The van der Waals surface area contributed by atoms with Crippen molar-refractivity contribution in [2.24, 2.45) is 0 Å². The van der Waals surface area contributed by atoms with E-state index in [0.29, 0.717) is 17.0 Å². The van der Waals surface area contributed by atoms with E-state index in [1.165, 1.54) is 0 Å². The quantitative estimate of drug-likeness (QED) is 0.259. The lowest BCUT2D eigenvalue weighted by molar-refractivity contribution is 0.483. The number of hydrogen-bond acceptors (Lipinski definition) is 2. The largest absolute Gasteiger partial charge is 0.355 e. The topological polar surface area (TPSA) is 57.4 Å². The second-order valence-electron chi connectivity index (χ2n) is 9.32. The molecule has 38 heavy (non-hydrogen) atoms. The Morgan fingerprint density at radius 2 is 0.974 bits per heavy atom. The van der Waals surface area contributed by atoms with Crippen LogP contribution in [0.5, 0.6) is 0 Å². The van der Waals surface area contributed by atoms with Crippen molar-refractivity contribution in [1.82, 2.24) is 19.9 Å². The summed E-state index contributed by atoms with van der Waals surface area (Å²) in [4.78, 5) is 16.9. The monoisotopic (exact) mass is 494 g/mol. The van der Waals surface area contributed by atoms with E-state index in [1.807, 2.05) is 60.7 Å².